The lowest BCUT2D eigenvalue weighted by atomic mass is 10.1. The van der Waals surface area contributed by atoms with Gasteiger partial charge in [-0.2, -0.15) is 0 Å². The molecule has 2 nitrogen and oxygen atoms in total. The Morgan fingerprint density at radius 2 is 1.81 bits per heavy atom. The summed E-state index contributed by atoms with van der Waals surface area (Å²) in [5.74, 6) is 0.0561. The van der Waals surface area contributed by atoms with Gasteiger partial charge in [0.25, 0.3) is 0 Å². The predicted molar refractivity (Wildman–Crippen MR) is 85.8 cm³/mol. The quantitative estimate of drug-likeness (QED) is 0.780. The summed E-state index contributed by atoms with van der Waals surface area (Å²) in [6, 6.07) is 18.5. The van der Waals surface area contributed by atoms with Crippen molar-refractivity contribution in [2.45, 2.75) is 18.9 Å². The molecule has 1 atom stereocenters. The van der Waals surface area contributed by atoms with E-state index < -0.39 is 0 Å². The first kappa shape index (κ1) is 13.6. The van der Waals surface area contributed by atoms with E-state index in [9.17, 15) is 4.79 Å². The Morgan fingerprint density at radius 3 is 2.62 bits per heavy atom. The van der Waals surface area contributed by atoms with E-state index in [4.69, 9.17) is 0 Å². The molecule has 21 heavy (non-hydrogen) atoms. The molecular formula is C19H19NO. The maximum Gasteiger partial charge on any atom is 0.246 e. The number of aryl methyl sites for hydroxylation is 1. The molecule has 2 aromatic rings. The minimum absolute atomic E-state index is 0.0561. The fraction of sp³-hybridized carbons (Fsp3) is 0.211. The molecule has 0 heterocycles. The van der Waals surface area contributed by atoms with E-state index in [0.29, 0.717) is 0 Å². The van der Waals surface area contributed by atoms with Crippen LogP contribution in [0.4, 0.5) is 0 Å². The fourth-order valence-corrected chi connectivity index (χ4v) is 2.94. The number of hydrogen-bond acceptors (Lipinski definition) is 1. The lowest BCUT2D eigenvalue weighted by Gasteiger charge is -2.24. The SMILES string of the molecule is CN(C(=O)/C=C/c1ccccc1)C1CCc2ccccc21. The second kappa shape index (κ2) is 5.96. The number of amides is 1. The van der Waals surface area contributed by atoms with Crippen molar-refractivity contribution in [1.29, 1.82) is 0 Å². The van der Waals surface area contributed by atoms with E-state index >= 15 is 0 Å². The average molecular weight is 277 g/mol. The second-order valence-corrected chi connectivity index (χ2v) is 5.45. The van der Waals surface area contributed by atoms with Crippen molar-refractivity contribution in [2.24, 2.45) is 0 Å². The van der Waals surface area contributed by atoms with Crippen molar-refractivity contribution in [3.8, 4) is 0 Å². The van der Waals surface area contributed by atoms with Gasteiger partial charge in [0, 0.05) is 13.1 Å². The third-order valence-electron chi connectivity index (χ3n) is 4.13. The van der Waals surface area contributed by atoms with Crippen LogP contribution >= 0.6 is 0 Å². The van der Waals surface area contributed by atoms with Crippen molar-refractivity contribution in [2.75, 3.05) is 7.05 Å². The molecule has 0 saturated carbocycles. The van der Waals surface area contributed by atoms with Crippen LogP contribution in [0.5, 0.6) is 0 Å². The first-order valence-electron chi connectivity index (χ1n) is 7.33. The normalized spacial score (nSPS) is 16.9. The number of fused-ring (bicyclic) bond motifs is 1. The monoisotopic (exact) mass is 277 g/mol. The minimum Gasteiger partial charge on any atom is -0.335 e. The predicted octanol–water partition coefficient (Wildman–Crippen LogP) is 3.85. The van der Waals surface area contributed by atoms with Crippen LogP contribution in [0.3, 0.4) is 0 Å². The zero-order valence-electron chi connectivity index (χ0n) is 12.2. The molecule has 2 aromatic carbocycles. The van der Waals surface area contributed by atoms with Gasteiger partial charge >= 0.3 is 0 Å². The number of likely N-dealkylation sites (N-methyl/N-ethyl adjacent to an activating group) is 1. The Morgan fingerprint density at radius 1 is 1.10 bits per heavy atom. The zero-order chi connectivity index (χ0) is 14.7. The van der Waals surface area contributed by atoms with Gasteiger partial charge in [0.15, 0.2) is 0 Å². The number of carbonyl (C=O) groups is 1. The Balaban J connectivity index is 1.73. The summed E-state index contributed by atoms with van der Waals surface area (Å²) in [6.45, 7) is 0. The molecule has 1 unspecified atom stereocenters. The summed E-state index contributed by atoms with van der Waals surface area (Å²) in [6.07, 6.45) is 5.61. The third kappa shape index (κ3) is 2.89. The third-order valence-corrected chi connectivity index (χ3v) is 4.13. The van der Waals surface area contributed by atoms with Crippen LogP contribution in [-0.2, 0) is 11.2 Å². The molecule has 106 valence electrons. The number of hydrogen-bond donors (Lipinski definition) is 0. The van der Waals surface area contributed by atoms with Gasteiger partial charge in [0.1, 0.15) is 0 Å². The van der Waals surface area contributed by atoms with Crippen LogP contribution in [0.1, 0.15) is 29.2 Å². The van der Waals surface area contributed by atoms with Crippen molar-refractivity contribution in [3.63, 3.8) is 0 Å². The van der Waals surface area contributed by atoms with Crippen LogP contribution in [0.25, 0.3) is 6.08 Å². The molecule has 0 aromatic heterocycles. The highest BCUT2D eigenvalue weighted by Crippen LogP contribution is 2.34. The average Bonchev–Trinajstić information content (AvgIpc) is 2.97. The molecule has 0 fully saturated rings. The zero-order valence-corrected chi connectivity index (χ0v) is 12.2. The van der Waals surface area contributed by atoms with Gasteiger partial charge in [0.2, 0.25) is 5.91 Å². The molecule has 0 spiro atoms. The van der Waals surface area contributed by atoms with Gasteiger partial charge in [-0.3, -0.25) is 4.79 Å². The van der Waals surface area contributed by atoms with Gasteiger partial charge in [-0.15, -0.1) is 0 Å². The Kier molecular flexibility index (Phi) is 3.87. The largest absolute Gasteiger partial charge is 0.335 e. The first-order chi connectivity index (χ1) is 10.3. The molecule has 3 rings (SSSR count). The molecule has 2 heteroatoms. The fourth-order valence-electron chi connectivity index (χ4n) is 2.94. The van der Waals surface area contributed by atoms with Crippen molar-refractivity contribution < 1.29 is 4.79 Å². The standard InChI is InChI=1S/C19H19NO/c1-20(18-13-12-16-9-5-6-10-17(16)18)19(21)14-11-15-7-3-2-4-8-15/h2-11,14,18H,12-13H2,1H3/b14-11+. The molecule has 0 N–H and O–H groups in total. The second-order valence-electron chi connectivity index (χ2n) is 5.45. The lowest BCUT2D eigenvalue weighted by molar-refractivity contribution is -0.126. The molecule has 0 saturated heterocycles. The number of carbonyl (C=O) groups excluding carboxylic acids is 1. The molecular weight excluding hydrogens is 258 g/mol. The number of rotatable bonds is 3. The highest BCUT2D eigenvalue weighted by atomic mass is 16.2. The maximum atomic E-state index is 12.4. The molecule has 0 bridgehead atoms. The number of benzene rings is 2. The molecule has 0 aliphatic heterocycles. The van der Waals surface area contributed by atoms with Gasteiger partial charge < -0.3 is 4.90 Å². The Bertz CT molecular complexity index is 660. The summed E-state index contributed by atoms with van der Waals surface area (Å²) in [4.78, 5) is 14.2. The van der Waals surface area contributed by atoms with Gasteiger partial charge in [0.05, 0.1) is 6.04 Å². The Hall–Kier alpha value is -2.35. The van der Waals surface area contributed by atoms with Crippen molar-refractivity contribution in [1.82, 2.24) is 4.90 Å². The summed E-state index contributed by atoms with van der Waals surface area (Å²) in [7, 11) is 1.89. The summed E-state index contributed by atoms with van der Waals surface area (Å²) in [5, 5.41) is 0. The van der Waals surface area contributed by atoms with Crippen LogP contribution in [0.15, 0.2) is 60.7 Å². The van der Waals surface area contributed by atoms with E-state index in [1.807, 2.05) is 48.4 Å². The summed E-state index contributed by atoms with van der Waals surface area (Å²) >= 11 is 0. The smallest absolute Gasteiger partial charge is 0.246 e. The molecule has 1 aliphatic carbocycles. The van der Waals surface area contributed by atoms with E-state index in [-0.39, 0.29) is 11.9 Å². The van der Waals surface area contributed by atoms with E-state index in [1.54, 1.807) is 6.08 Å². The van der Waals surface area contributed by atoms with E-state index in [2.05, 4.69) is 24.3 Å². The van der Waals surface area contributed by atoms with Gasteiger partial charge in [-0.25, -0.2) is 0 Å². The van der Waals surface area contributed by atoms with Crippen molar-refractivity contribution in [3.05, 3.63) is 77.4 Å². The van der Waals surface area contributed by atoms with Gasteiger partial charge in [-0.1, -0.05) is 54.6 Å². The maximum absolute atomic E-state index is 12.4. The molecule has 0 radical (unpaired) electrons. The first-order valence-corrected chi connectivity index (χ1v) is 7.33. The Labute approximate surface area is 125 Å². The summed E-state index contributed by atoms with van der Waals surface area (Å²) < 4.78 is 0. The highest BCUT2D eigenvalue weighted by molar-refractivity contribution is 5.92. The van der Waals surface area contributed by atoms with Crippen LogP contribution in [0.2, 0.25) is 0 Å². The van der Waals surface area contributed by atoms with Crippen molar-refractivity contribution >= 4 is 12.0 Å². The van der Waals surface area contributed by atoms with E-state index in [1.165, 1.54) is 11.1 Å². The summed E-state index contributed by atoms with van der Waals surface area (Å²) in [5.41, 5.74) is 3.71. The van der Waals surface area contributed by atoms with Crippen LogP contribution < -0.4 is 0 Å². The minimum atomic E-state index is 0.0561. The van der Waals surface area contributed by atoms with Gasteiger partial charge in [-0.05, 0) is 35.6 Å². The number of nitrogens with zero attached hydrogens (tertiary/aromatic N) is 1. The molecule has 1 aliphatic rings. The lowest BCUT2D eigenvalue weighted by Crippen LogP contribution is -2.28. The molecule has 1 amide bonds. The van der Waals surface area contributed by atoms with Crippen LogP contribution in [-0.4, -0.2) is 17.9 Å². The highest BCUT2D eigenvalue weighted by Gasteiger charge is 2.27. The van der Waals surface area contributed by atoms with E-state index in [0.717, 1.165) is 18.4 Å². The topological polar surface area (TPSA) is 20.3 Å². The van der Waals surface area contributed by atoms with Crippen LogP contribution in [0, 0.1) is 0 Å².